The number of hydrogen-bond donors (Lipinski definition) is 1. The predicted molar refractivity (Wildman–Crippen MR) is 137 cm³/mol. The molecule has 0 aliphatic carbocycles. The minimum absolute atomic E-state index is 0.0978. The Morgan fingerprint density at radius 2 is 1.73 bits per heavy atom. The van der Waals surface area contributed by atoms with Gasteiger partial charge in [-0.05, 0) is 56.4 Å². The molecule has 2 rings (SSSR count). The van der Waals surface area contributed by atoms with Crippen molar-refractivity contribution >= 4 is 17.8 Å². The van der Waals surface area contributed by atoms with Crippen molar-refractivity contribution in [2.45, 2.75) is 73.0 Å². The molecule has 37 heavy (non-hydrogen) atoms. The van der Waals surface area contributed by atoms with Gasteiger partial charge in [0.1, 0.15) is 18.0 Å². The van der Waals surface area contributed by atoms with Crippen LogP contribution in [0, 0.1) is 24.6 Å². The summed E-state index contributed by atoms with van der Waals surface area (Å²) in [6.45, 7) is 12.6. The molecule has 1 aromatic carbocycles. The number of aryl methyl sites for hydroxylation is 1. The van der Waals surface area contributed by atoms with Crippen molar-refractivity contribution in [2.75, 3.05) is 7.11 Å². The van der Waals surface area contributed by atoms with Gasteiger partial charge in [-0.15, -0.1) is 0 Å². The minimum atomic E-state index is -1.02. The summed E-state index contributed by atoms with van der Waals surface area (Å²) in [5.41, 5.74) is 1.47. The van der Waals surface area contributed by atoms with Crippen molar-refractivity contribution < 1.29 is 33.0 Å². The number of halogens is 1. The fourth-order valence-electron chi connectivity index (χ4n) is 4.07. The molecular formula is C28H37FN2O6. The number of aromatic nitrogens is 1. The van der Waals surface area contributed by atoms with E-state index in [4.69, 9.17) is 14.2 Å². The number of ether oxygens (including phenoxy) is 3. The zero-order chi connectivity index (χ0) is 27.9. The van der Waals surface area contributed by atoms with Gasteiger partial charge in [0.05, 0.1) is 13.0 Å². The van der Waals surface area contributed by atoms with Crippen LogP contribution in [0.4, 0.5) is 4.39 Å². The maximum Gasteiger partial charge on any atom is 0.328 e. The molecule has 8 nitrogen and oxygen atoms in total. The summed E-state index contributed by atoms with van der Waals surface area (Å²) < 4.78 is 30.0. The number of hydrogen-bond acceptors (Lipinski definition) is 7. The third-order valence-corrected chi connectivity index (χ3v) is 6.34. The average molecular weight is 517 g/mol. The minimum Gasteiger partial charge on any atom is -0.493 e. The van der Waals surface area contributed by atoms with E-state index >= 15 is 0 Å². The zero-order valence-corrected chi connectivity index (χ0v) is 22.8. The molecule has 0 radical (unpaired) electrons. The fourth-order valence-corrected chi connectivity index (χ4v) is 4.07. The Bertz CT molecular complexity index is 1120. The molecule has 0 aliphatic heterocycles. The van der Waals surface area contributed by atoms with Crippen molar-refractivity contribution in [1.82, 2.24) is 10.3 Å². The molecule has 2 aromatic rings. The third-order valence-electron chi connectivity index (χ3n) is 6.34. The van der Waals surface area contributed by atoms with Crippen molar-refractivity contribution in [3.8, 4) is 11.5 Å². The van der Waals surface area contributed by atoms with Crippen LogP contribution in [0.15, 0.2) is 30.5 Å². The molecule has 1 aromatic heterocycles. The Labute approximate surface area is 217 Å². The summed E-state index contributed by atoms with van der Waals surface area (Å²) in [7, 11) is 1.38. The second-order valence-electron chi connectivity index (χ2n) is 9.53. The average Bonchev–Trinajstić information content (AvgIpc) is 2.84. The van der Waals surface area contributed by atoms with Crippen molar-refractivity contribution in [1.29, 1.82) is 0 Å². The van der Waals surface area contributed by atoms with E-state index in [2.05, 4.69) is 10.3 Å². The standard InChI is InChI=1S/C28H37FN2O6/c1-9-16(4)27(33)37-25-22(35-8)12-13-30-24(25)26(32)31-18(6)28(34)36-19(7)23(15(2)3)21-11-10-20(29)14-17(21)5/h10-16,18-19,23H,9H2,1-8H3,(H,31,32)/t16?,18-,19-,23+/m0/s1. The molecular weight excluding hydrogens is 479 g/mol. The Kier molecular flexibility index (Phi) is 10.6. The summed E-state index contributed by atoms with van der Waals surface area (Å²) in [6.07, 6.45) is 1.36. The molecule has 1 unspecified atom stereocenters. The van der Waals surface area contributed by atoms with Crippen LogP contribution in [0.2, 0.25) is 0 Å². The highest BCUT2D eigenvalue weighted by Crippen LogP contribution is 2.33. The lowest BCUT2D eigenvalue weighted by molar-refractivity contribution is -0.151. The third kappa shape index (κ3) is 7.50. The molecule has 4 atom stereocenters. The number of benzene rings is 1. The lowest BCUT2D eigenvalue weighted by Gasteiger charge is -2.30. The first-order chi connectivity index (χ1) is 17.4. The number of pyridine rings is 1. The van der Waals surface area contributed by atoms with Crippen molar-refractivity contribution in [3.05, 3.63) is 53.1 Å². The van der Waals surface area contributed by atoms with Crippen LogP contribution in [-0.4, -0.2) is 42.1 Å². The normalized spacial score (nSPS) is 14.3. The van der Waals surface area contributed by atoms with Crippen LogP contribution < -0.4 is 14.8 Å². The number of carbonyl (C=O) groups is 3. The van der Waals surface area contributed by atoms with Crippen molar-refractivity contribution in [2.24, 2.45) is 11.8 Å². The summed E-state index contributed by atoms with van der Waals surface area (Å²) in [6, 6.07) is 5.00. The lowest BCUT2D eigenvalue weighted by atomic mass is 9.82. The first-order valence-corrected chi connectivity index (χ1v) is 12.4. The Morgan fingerprint density at radius 1 is 1.05 bits per heavy atom. The molecule has 0 spiro atoms. The molecule has 0 saturated heterocycles. The van der Waals surface area contributed by atoms with Gasteiger partial charge in [-0.1, -0.05) is 33.8 Å². The largest absolute Gasteiger partial charge is 0.493 e. The first kappa shape index (κ1) is 29.7. The number of nitrogens with zero attached hydrogens (tertiary/aromatic N) is 1. The highest BCUT2D eigenvalue weighted by Gasteiger charge is 2.30. The Hall–Kier alpha value is -3.49. The lowest BCUT2D eigenvalue weighted by Crippen LogP contribution is -2.42. The first-order valence-electron chi connectivity index (χ1n) is 12.4. The van der Waals surface area contributed by atoms with Gasteiger partial charge < -0.3 is 19.5 Å². The van der Waals surface area contributed by atoms with Gasteiger partial charge in [0.15, 0.2) is 11.4 Å². The maximum absolute atomic E-state index is 13.6. The number of methoxy groups -OCH3 is 1. The summed E-state index contributed by atoms with van der Waals surface area (Å²) in [5, 5.41) is 2.56. The fraction of sp³-hybridized carbons (Fsp3) is 0.500. The van der Waals surface area contributed by atoms with E-state index in [1.807, 2.05) is 27.7 Å². The highest BCUT2D eigenvalue weighted by molar-refractivity contribution is 5.98. The molecule has 9 heteroatoms. The number of carbonyl (C=O) groups excluding carboxylic acids is 3. The molecule has 202 valence electrons. The van der Waals surface area contributed by atoms with E-state index in [9.17, 15) is 18.8 Å². The van der Waals surface area contributed by atoms with Crippen molar-refractivity contribution in [3.63, 3.8) is 0 Å². The monoisotopic (exact) mass is 516 g/mol. The Morgan fingerprint density at radius 3 is 2.30 bits per heavy atom. The van der Waals surface area contributed by atoms with E-state index < -0.39 is 35.9 Å². The van der Waals surface area contributed by atoms with Crippen LogP contribution in [0.25, 0.3) is 0 Å². The van der Waals surface area contributed by atoms with E-state index in [1.54, 1.807) is 19.9 Å². The molecule has 1 heterocycles. The van der Waals surface area contributed by atoms with Crippen LogP contribution in [0.5, 0.6) is 11.5 Å². The maximum atomic E-state index is 13.6. The SMILES string of the molecule is CCC(C)C(=O)Oc1c(OC)ccnc1C(=O)N[C@@H](C)C(=O)O[C@@H](C)[C@H](c1ccc(F)cc1C)C(C)C. The number of rotatable bonds is 11. The van der Waals surface area contributed by atoms with Crippen LogP contribution >= 0.6 is 0 Å². The summed E-state index contributed by atoms with van der Waals surface area (Å²) >= 11 is 0. The van der Waals surface area contributed by atoms with E-state index in [1.165, 1.54) is 38.4 Å². The van der Waals surface area contributed by atoms with Gasteiger partial charge >= 0.3 is 11.9 Å². The summed E-state index contributed by atoms with van der Waals surface area (Å²) in [5.74, 6) is -2.66. The smallest absolute Gasteiger partial charge is 0.328 e. The molecule has 0 bridgehead atoms. The quantitative estimate of drug-likeness (QED) is 0.420. The molecule has 1 N–H and O–H groups in total. The van der Waals surface area contributed by atoms with Crippen LogP contribution in [0.3, 0.4) is 0 Å². The second kappa shape index (κ2) is 13.2. The van der Waals surface area contributed by atoms with E-state index in [0.717, 1.165) is 11.1 Å². The molecule has 0 saturated carbocycles. The predicted octanol–water partition coefficient (Wildman–Crippen LogP) is 4.98. The number of nitrogens with one attached hydrogen (secondary N) is 1. The van der Waals surface area contributed by atoms with Gasteiger partial charge in [-0.2, -0.15) is 0 Å². The van der Waals surface area contributed by atoms with Gasteiger partial charge in [0.25, 0.3) is 5.91 Å². The number of esters is 2. The molecule has 0 aliphatic rings. The van der Waals surface area contributed by atoms with Crippen LogP contribution in [0.1, 0.15) is 75.5 Å². The van der Waals surface area contributed by atoms with Gasteiger partial charge in [-0.25, -0.2) is 14.2 Å². The van der Waals surface area contributed by atoms with Gasteiger partial charge in [-0.3, -0.25) is 9.59 Å². The zero-order valence-electron chi connectivity index (χ0n) is 22.8. The van der Waals surface area contributed by atoms with Gasteiger partial charge in [0.2, 0.25) is 5.75 Å². The topological polar surface area (TPSA) is 104 Å². The summed E-state index contributed by atoms with van der Waals surface area (Å²) in [4.78, 5) is 42.4. The Balaban J connectivity index is 2.19. The molecule has 1 amide bonds. The van der Waals surface area contributed by atoms with E-state index in [0.29, 0.717) is 6.42 Å². The van der Waals surface area contributed by atoms with E-state index in [-0.39, 0.29) is 34.8 Å². The number of amides is 1. The van der Waals surface area contributed by atoms with Gasteiger partial charge in [0, 0.05) is 18.2 Å². The van der Waals surface area contributed by atoms with Crippen LogP contribution in [-0.2, 0) is 14.3 Å². The molecule has 0 fully saturated rings. The second-order valence-corrected chi connectivity index (χ2v) is 9.53. The highest BCUT2D eigenvalue weighted by atomic mass is 19.1.